The maximum atomic E-state index is 12.7. The van der Waals surface area contributed by atoms with Gasteiger partial charge in [0, 0.05) is 16.8 Å². The molecule has 0 radical (unpaired) electrons. The minimum absolute atomic E-state index is 0.0825. The van der Waals surface area contributed by atoms with Gasteiger partial charge in [0.2, 0.25) is 5.60 Å². The molecule has 2 N–H and O–H groups in total. The molecular weight excluding hydrogens is 335 g/mol. The van der Waals surface area contributed by atoms with E-state index >= 15 is 0 Å². The number of aliphatic hydroxyl groups is 1. The molecule has 0 aromatic heterocycles. The number of benzene rings is 2. The zero-order chi connectivity index (χ0) is 18.8. The molecule has 0 saturated carbocycles. The van der Waals surface area contributed by atoms with E-state index in [1.54, 1.807) is 37.3 Å². The summed E-state index contributed by atoms with van der Waals surface area (Å²) in [7, 11) is 0. The SMILES string of the molecule is Cc1cc(C(=O)c2ccccc2)ccc1NC(=O)C(C)(O)C(F)(F)F. The molecule has 25 heavy (non-hydrogen) atoms. The first-order valence-corrected chi connectivity index (χ1v) is 7.35. The fourth-order valence-corrected chi connectivity index (χ4v) is 2.07. The van der Waals surface area contributed by atoms with Crippen molar-refractivity contribution < 1.29 is 27.9 Å². The molecule has 0 saturated heterocycles. The number of carbonyl (C=O) groups excluding carboxylic acids is 2. The summed E-state index contributed by atoms with van der Waals surface area (Å²) in [5.41, 5.74) is -2.23. The lowest BCUT2D eigenvalue weighted by molar-refractivity contribution is -0.242. The Labute approximate surface area is 142 Å². The zero-order valence-corrected chi connectivity index (χ0v) is 13.5. The summed E-state index contributed by atoms with van der Waals surface area (Å²) in [6, 6.07) is 12.7. The lowest BCUT2D eigenvalue weighted by atomic mass is 10.00. The molecule has 2 rings (SSSR count). The van der Waals surface area contributed by atoms with E-state index in [9.17, 15) is 27.9 Å². The van der Waals surface area contributed by atoms with Gasteiger partial charge in [0.25, 0.3) is 5.91 Å². The minimum Gasteiger partial charge on any atom is -0.373 e. The molecule has 7 heteroatoms. The summed E-state index contributed by atoms with van der Waals surface area (Å²) < 4.78 is 38.1. The van der Waals surface area contributed by atoms with Gasteiger partial charge in [-0.3, -0.25) is 9.59 Å². The van der Waals surface area contributed by atoms with Crippen molar-refractivity contribution in [3.63, 3.8) is 0 Å². The van der Waals surface area contributed by atoms with E-state index in [0.717, 1.165) is 0 Å². The Morgan fingerprint density at radius 3 is 2.12 bits per heavy atom. The van der Waals surface area contributed by atoms with Crippen LogP contribution in [0.15, 0.2) is 48.5 Å². The van der Waals surface area contributed by atoms with Crippen molar-refractivity contribution >= 4 is 17.4 Å². The van der Waals surface area contributed by atoms with Crippen LogP contribution in [0.2, 0.25) is 0 Å². The second-order valence-corrected chi connectivity index (χ2v) is 5.75. The van der Waals surface area contributed by atoms with Gasteiger partial charge in [-0.25, -0.2) is 0 Å². The third-order valence-electron chi connectivity index (χ3n) is 3.77. The Morgan fingerprint density at radius 2 is 1.60 bits per heavy atom. The lowest BCUT2D eigenvalue weighted by Crippen LogP contribution is -2.52. The highest BCUT2D eigenvalue weighted by Crippen LogP contribution is 2.31. The molecule has 1 amide bonds. The Morgan fingerprint density at radius 1 is 1.00 bits per heavy atom. The van der Waals surface area contributed by atoms with Crippen LogP contribution in [0.3, 0.4) is 0 Å². The molecule has 0 fully saturated rings. The normalized spacial score (nSPS) is 13.8. The summed E-state index contributed by atoms with van der Waals surface area (Å²) in [5.74, 6) is -1.84. The van der Waals surface area contributed by atoms with Crippen molar-refractivity contribution in [1.82, 2.24) is 0 Å². The molecule has 0 spiro atoms. The average molecular weight is 351 g/mol. The van der Waals surface area contributed by atoms with Gasteiger partial charge in [0.05, 0.1) is 0 Å². The van der Waals surface area contributed by atoms with Gasteiger partial charge in [-0.1, -0.05) is 30.3 Å². The van der Waals surface area contributed by atoms with Gasteiger partial charge >= 0.3 is 6.18 Å². The highest BCUT2D eigenvalue weighted by atomic mass is 19.4. The van der Waals surface area contributed by atoms with E-state index in [2.05, 4.69) is 0 Å². The van der Waals surface area contributed by atoms with Gasteiger partial charge < -0.3 is 10.4 Å². The van der Waals surface area contributed by atoms with Crippen LogP contribution in [0.25, 0.3) is 0 Å². The van der Waals surface area contributed by atoms with E-state index in [1.807, 2.05) is 5.32 Å². The van der Waals surface area contributed by atoms with Crippen LogP contribution >= 0.6 is 0 Å². The standard InChI is InChI=1S/C18H16F3NO3/c1-11-10-13(15(23)12-6-4-3-5-7-12)8-9-14(11)22-16(24)17(2,25)18(19,20)21/h3-10,25H,1-2H3,(H,22,24). The Bertz CT molecular complexity index is 799. The van der Waals surface area contributed by atoms with Crippen LogP contribution in [-0.4, -0.2) is 28.6 Å². The number of anilines is 1. The van der Waals surface area contributed by atoms with Crippen LogP contribution < -0.4 is 5.32 Å². The minimum atomic E-state index is -5.10. The first-order chi connectivity index (χ1) is 11.5. The molecule has 0 heterocycles. The van der Waals surface area contributed by atoms with Gasteiger partial charge in [-0.2, -0.15) is 13.2 Å². The number of hydrogen-bond donors (Lipinski definition) is 2. The molecule has 0 aliphatic rings. The van der Waals surface area contributed by atoms with Gasteiger partial charge in [-0.15, -0.1) is 0 Å². The number of nitrogens with one attached hydrogen (secondary N) is 1. The predicted octanol–water partition coefficient (Wildman–Crippen LogP) is 3.48. The number of alkyl halides is 3. The van der Waals surface area contributed by atoms with E-state index in [-0.39, 0.29) is 11.5 Å². The van der Waals surface area contributed by atoms with Gasteiger partial charge in [0.1, 0.15) is 0 Å². The van der Waals surface area contributed by atoms with Crippen LogP contribution in [0.5, 0.6) is 0 Å². The Hall–Kier alpha value is -2.67. The number of ketones is 1. The fraction of sp³-hybridized carbons (Fsp3) is 0.222. The van der Waals surface area contributed by atoms with Gasteiger partial charge in [0.15, 0.2) is 5.78 Å². The number of rotatable bonds is 4. The molecule has 2 aromatic rings. The number of amides is 1. The van der Waals surface area contributed by atoms with E-state index in [4.69, 9.17) is 0 Å². The predicted molar refractivity (Wildman–Crippen MR) is 86.4 cm³/mol. The smallest absolute Gasteiger partial charge is 0.373 e. The molecule has 0 bridgehead atoms. The number of halogens is 3. The fourth-order valence-electron chi connectivity index (χ4n) is 2.07. The number of hydrogen-bond acceptors (Lipinski definition) is 3. The largest absolute Gasteiger partial charge is 0.426 e. The zero-order valence-electron chi connectivity index (χ0n) is 13.5. The monoisotopic (exact) mass is 351 g/mol. The van der Waals surface area contributed by atoms with E-state index in [1.165, 1.54) is 18.2 Å². The first kappa shape index (κ1) is 18.7. The molecular formula is C18H16F3NO3. The van der Waals surface area contributed by atoms with Crippen molar-refractivity contribution in [3.8, 4) is 0 Å². The molecule has 0 aliphatic heterocycles. The molecule has 1 unspecified atom stereocenters. The lowest BCUT2D eigenvalue weighted by Gasteiger charge is -2.25. The highest BCUT2D eigenvalue weighted by Gasteiger charge is 2.55. The second-order valence-electron chi connectivity index (χ2n) is 5.75. The van der Waals surface area contributed by atoms with Gasteiger partial charge in [-0.05, 0) is 37.6 Å². The van der Waals surface area contributed by atoms with Crippen molar-refractivity contribution in [2.24, 2.45) is 0 Å². The van der Waals surface area contributed by atoms with Crippen molar-refractivity contribution in [2.45, 2.75) is 25.6 Å². The summed E-state index contributed by atoms with van der Waals surface area (Å²) in [4.78, 5) is 24.1. The van der Waals surface area contributed by atoms with E-state index < -0.39 is 17.7 Å². The summed E-state index contributed by atoms with van der Waals surface area (Å²) in [6.45, 7) is 1.92. The Balaban J connectivity index is 2.23. The van der Waals surface area contributed by atoms with Crippen molar-refractivity contribution in [1.29, 1.82) is 0 Å². The molecule has 0 aliphatic carbocycles. The molecule has 132 valence electrons. The first-order valence-electron chi connectivity index (χ1n) is 7.35. The van der Waals surface area contributed by atoms with Crippen molar-refractivity contribution in [2.75, 3.05) is 5.32 Å². The molecule has 2 aromatic carbocycles. The van der Waals surface area contributed by atoms with E-state index in [0.29, 0.717) is 23.6 Å². The average Bonchev–Trinajstić information content (AvgIpc) is 2.55. The maximum absolute atomic E-state index is 12.7. The van der Waals surface area contributed by atoms with Crippen molar-refractivity contribution in [3.05, 3.63) is 65.2 Å². The maximum Gasteiger partial charge on any atom is 0.426 e. The summed E-state index contributed by atoms with van der Waals surface area (Å²) in [6.07, 6.45) is -5.10. The summed E-state index contributed by atoms with van der Waals surface area (Å²) >= 11 is 0. The molecule has 1 atom stereocenters. The van der Waals surface area contributed by atoms with Crippen LogP contribution in [0, 0.1) is 6.92 Å². The third-order valence-corrected chi connectivity index (χ3v) is 3.77. The van der Waals surface area contributed by atoms with Crippen LogP contribution in [-0.2, 0) is 4.79 Å². The second kappa shape index (κ2) is 6.68. The number of carbonyl (C=O) groups is 2. The molecule has 4 nitrogen and oxygen atoms in total. The third kappa shape index (κ3) is 3.88. The van der Waals surface area contributed by atoms with Crippen LogP contribution in [0.1, 0.15) is 28.4 Å². The highest BCUT2D eigenvalue weighted by molar-refractivity contribution is 6.09. The van der Waals surface area contributed by atoms with Crippen LogP contribution in [0.4, 0.5) is 18.9 Å². The number of aryl methyl sites for hydroxylation is 1. The quantitative estimate of drug-likeness (QED) is 0.829. The Kier molecular flexibility index (Phi) is 4.99. The summed E-state index contributed by atoms with van der Waals surface area (Å²) in [5, 5.41) is 11.4. The topological polar surface area (TPSA) is 66.4 Å².